The van der Waals surface area contributed by atoms with Crippen LogP contribution in [0.25, 0.3) is 0 Å². The Morgan fingerprint density at radius 3 is 2.76 bits per heavy atom. The number of halogens is 1. The second-order valence-electron chi connectivity index (χ2n) is 4.68. The monoisotopic (exact) mass is 253 g/mol. The van der Waals surface area contributed by atoms with Gasteiger partial charge in [0.1, 0.15) is 11.5 Å². The molecule has 1 saturated carbocycles. The van der Waals surface area contributed by atoms with E-state index in [1.807, 2.05) is 13.8 Å². The molecule has 1 aromatic rings. The molecule has 1 fully saturated rings. The van der Waals surface area contributed by atoms with Crippen LogP contribution in [0.5, 0.6) is 0 Å². The third-order valence-corrected chi connectivity index (χ3v) is 3.21. The molecule has 0 radical (unpaired) electrons. The molecule has 1 N–H and O–H groups in total. The minimum Gasteiger partial charge on any atom is -0.348 e. The Hall–Kier alpha value is -1.16. The lowest BCUT2D eigenvalue weighted by atomic mass is 9.93. The molecule has 2 rings (SSSR count). The number of aromatic nitrogens is 2. The second kappa shape index (κ2) is 5.00. The fraction of sp³-hybridized carbons (Fsp3) is 0.583. The molecule has 92 valence electrons. The van der Waals surface area contributed by atoms with Crippen LogP contribution in [-0.4, -0.2) is 21.9 Å². The van der Waals surface area contributed by atoms with E-state index < -0.39 is 0 Å². The first-order valence-electron chi connectivity index (χ1n) is 5.91. The van der Waals surface area contributed by atoms with Crippen molar-refractivity contribution in [3.8, 4) is 0 Å². The molecule has 0 aromatic carbocycles. The van der Waals surface area contributed by atoms with E-state index >= 15 is 0 Å². The van der Waals surface area contributed by atoms with E-state index in [0.717, 1.165) is 12.8 Å². The van der Waals surface area contributed by atoms with E-state index in [9.17, 15) is 4.79 Å². The first-order valence-corrected chi connectivity index (χ1v) is 6.29. The van der Waals surface area contributed by atoms with Crippen LogP contribution in [0, 0.1) is 0 Å². The van der Waals surface area contributed by atoms with Gasteiger partial charge in [0.05, 0.1) is 11.2 Å². The largest absolute Gasteiger partial charge is 0.348 e. The van der Waals surface area contributed by atoms with Gasteiger partial charge in [-0.15, -0.1) is 0 Å². The molecular formula is C12H16ClN3O. The Kier molecular flexibility index (Phi) is 3.62. The Labute approximate surface area is 106 Å². The number of hydrogen-bond acceptors (Lipinski definition) is 3. The van der Waals surface area contributed by atoms with Gasteiger partial charge >= 0.3 is 0 Å². The normalized spacial score (nSPS) is 15.8. The number of nitrogens with zero attached hydrogens (tertiary/aromatic N) is 2. The summed E-state index contributed by atoms with van der Waals surface area (Å²) in [6, 6.07) is 0.288. The van der Waals surface area contributed by atoms with E-state index in [1.165, 1.54) is 12.6 Å². The van der Waals surface area contributed by atoms with Crippen molar-refractivity contribution in [1.29, 1.82) is 0 Å². The summed E-state index contributed by atoms with van der Waals surface area (Å²) in [5.74, 6) is 0.639. The van der Waals surface area contributed by atoms with Crippen LogP contribution in [0.2, 0.25) is 5.02 Å². The van der Waals surface area contributed by atoms with Crippen molar-refractivity contribution in [2.45, 2.75) is 45.1 Å². The van der Waals surface area contributed by atoms with Crippen molar-refractivity contribution >= 4 is 17.5 Å². The number of hydrogen-bond donors (Lipinski definition) is 1. The molecule has 0 unspecified atom stereocenters. The van der Waals surface area contributed by atoms with Crippen LogP contribution < -0.4 is 5.32 Å². The quantitative estimate of drug-likeness (QED) is 0.901. The molecule has 17 heavy (non-hydrogen) atoms. The minimum atomic E-state index is -0.191. The van der Waals surface area contributed by atoms with E-state index in [2.05, 4.69) is 15.3 Å². The van der Waals surface area contributed by atoms with Crippen LogP contribution in [0.15, 0.2) is 6.20 Å². The van der Waals surface area contributed by atoms with Gasteiger partial charge in [-0.25, -0.2) is 9.97 Å². The third kappa shape index (κ3) is 2.75. The minimum absolute atomic E-state index is 0.183. The fourth-order valence-electron chi connectivity index (χ4n) is 1.62. The summed E-state index contributed by atoms with van der Waals surface area (Å²) in [5, 5.41) is 3.24. The predicted molar refractivity (Wildman–Crippen MR) is 66.2 cm³/mol. The average Bonchev–Trinajstić information content (AvgIpc) is 2.23. The first-order chi connectivity index (χ1) is 8.08. The molecule has 0 saturated heterocycles. The van der Waals surface area contributed by atoms with Gasteiger partial charge < -0.3 is 5.32 Å². The standard InChI is InChI=1S/C12H16ClN3O/c1-7(2)11-14-6-9(13)10(16-11)12(17)15-8-4-3-5-8/h6-8H,3-5H2,1-2H3,(H,15,17). The van der Waals surface area contributed by atoms with Gasteiger partial charge in [0.25, 0.3) is 5.91 Å². The highest BCUT2D eigenvalue weighted by Gasteiger charge is 2.22. The third-order valence-electron chi connectivity index (χ3n) is 2.93. The zero-order valence-electron chi connectivity index (χ0n) is 10.0. The Morgan fingerprint density at radius 1 is 1.53 bits per heavy atom. The maximum atomic E-state index is 12.0. The highest BCUT2D eigenvalue weighted by Crippen LogP contribution is 2.20. The van der Waals surface area contributed by atoms with Gasteiger partial charge in [-0.3, -0.25) is 4.79 Å². The van der Waals surface area contributed by atoms with E-state index in [0.29, 0.717) is 10.8 Å². The molecular weight excluding hydrogens is 238 g/mol. The van der Waals surface area contributed by atoms with Crippen molar-refractivity contribution in [1.82, 2.24) is 15.3 Å². The summed E-state index contributed by atoms with van der Waals surface area (Å²) >= 11 is 5.95. The smallest absolute Gasteiger partial charge is 0.271 e. The van der Waals surface area contributed by atoms with E-state index in [-0.39, 0.29) is 23.6 Å². The number of amides is 1. The number of carbonyl (C=O) groups is 1. The summed E-state index contributed by atoms with van der Waals surface area (Å²) < 4.78 is 0. The Bertz CT molecular complexity index is 430. The van der Waals surface area contributed by atoms with Crippen molar-refractivity contribution in [3.05, 3.63) is 22.7 Å². The summed E-state index contributed by atoms with van der Waals surface area (Å²) in [6.07, 6.45) is 4.77. The molecule has 4 nitrogen and oxygen atoms in total. The summed E-state index contributed by atoms with van der Waals surface area (Å²) in [7, 11) is 0. The van der Waals surface area contributed by atoms with Gasteiger partial charge in [-0.05, 0) is 19.3 Å². The van der Waals surface area contributed by atoms with E-state index in [1.54, 1.807) is 0 Å². The molecule has 5 heteroatoms. The lowest BCUT2D eigenvalue weighted by Crippen LogP contribution is -2.40. The van der Waals surface area contributed by atoms with E-state index in [4.69, 9.17) is 11.6 Å². The molecule has 0 atom stereocenters. The molecule has 0 bridgehead atoms. The van der Waals surface area contributed by atoms with Crippen LogP contribution in [0.4, 0.5) is 0 Å². The van der Waals surface area contributed by atoms with Crippen molar-refractivity contribution in [2.75, 3.05) is 0 Å². The summed E-state index contributed by atoms with van der Waals surface area (Å²) in [4.78, 5) is 20.3. The van der Waals surface area contributed by atoms with Gasteiger partial charge in [0.2, 0.25) is 0 Å². The highest BCUT2D eigenvalue weighted by molar-refractivity contribution is 6.33. The number of rotatable bonds is 3. The van der Waals surface area contributed by atoms with Crippen LogP contribution >= 0.6 is 11.6 Å². The van der Waals surface area contributed by atoms with Gasteiger partial charge in [-0.1, -0.05) is 25.4 Å². The molecule has 1 amide bonds. The van der Waals surface area contributed by atoms with Crippen LogP contribution in [-0.2, 0) is 0 Å². The SMILES string of the molecule is CC(C)c1ncc(Cl)c(C(=O)NC2CCC2)n1. The number of carbonyl (C=O) groups excluding carboxylic acids is 1. The van der Waals surface area contributed by atoms with Crippen LogP contribution in [0.3, 0.4) is 0 Å². The lowest BCUT2D eigenvalue weighted by molar-refractivity contribution is 0.0911. The van der Waals surface area contributed by atoms with Gasteiger partial charge in [0.15, 0.2) is 0 Å². The molecule has 1 heterocycles. The molecule has 1 aromatic heterocycles. The molecule has 1 aliphatic carbocycles. The Morgan fingerprint density at radius 2 is 2.24 bits per heavy atom. The van der Waals surface area contributed by atoms with Crippen molar-refractivity contribution < 1.29 is 4.79 Å². The highest BCUT2D eigenvalue weighted by atomic mass is 35.5. The van der Waals surface area contributed by atoms with Crippen molar-refractivity contribution in [2.24, 2.45) is 0 Å². The maximum absolute atomic E-state index is 12.0. The topological polar surface area (TPSA) is 54.9 Å². The van der Waals surface area contributed by atoms with Crippen LogP contribution in [0.1, 0.15) is 55.3 Å². The predicted octanol–water partition coefficient (Wildman–Crippen LogP) is 2.54. The van der Waals surface area contributed by atoms with Gasteiger partial charge in [0, 0.05) is 12.0 Å². The molecule has 0 spiro atoms. The number of nitrogens with one attached hydrogen (secondary N) is 1. The zero-order chi connectivity index (χ0) is 12.4. The summed E-state index contributed by atoms with van der Waals surface area (Å²) in [5.41, 5.74) is 0.289. The maximum Gasteiger partial charge on any atom is 0.271 e. The average molecular weight is 254 g/mol. The fourth-order valence-corrected chi connectivity index (χ4v) is 1.80. The molecule has 1 aliphatic rings. The lowest BCUT2D eigenvalue weighted by Gasteiger charge is -2.26. The first kappa shape index (κ1) is 12.3. The Balaban J connectivity index is 2.17. The zero-order valence-corrected chi connectivity index (χ0v) is 10.8. The second-order valence-corrected chi connectivity index (χ2v) is 5.09. The molecule has 0 aliphatic heterocycles. The van der Waals surface area contributed by atoms with Crippen molar-refractivity contribution in [3.63, 3.8) is 0 Å². The van der Waals surface area contributed by atoms with Gasteiger partial charge in [-0.2, -0.15) is 0 Å². The summed E-state index contributed by atoms with van der Waals surface area (Å²) in [6.45, 7) is 3.97.